The Morgan fingerprint density at radius 1 is 1.07 bits per heavy atom. The average molecular weight is 618 g/mol. The van der Waals surface area contributed by atoms with E-state index in [0.717, 1.165) is 0 Å². The molecule has 0 fully saturated rings. The standard InChI is InChI=1S/C33H45ClFNO5Si/c1-11-39-26-18-21(16-22-14-13-15-25(34)28(22)35)17-23-29(26)36(19-24(30(23)37)31(38)40-12-2)27(32(3,4)5)20-41-42(9,10)33(6,7)8/h13-15,17-19,27H,11-12,16,20H2,1-10H3. The second kappa shape index (κ2) is 12.9. The Morgan fingerprint density at radius 2 is 1.74 bits per heavy atom. The molecule has 230 valence electrons. The van der Waals surface area contributed by atoms with E-state index < -0.39 is 25.5 Å². The second-order valence-electron chi connectivity index (χ2n) is 13.3. The van der Waals surface area contributed by atoms with Crippen molar-refractivity contribution in [1.29, 1.82) is 0 Å². The lowest BCUT2D eigenvalue weighted by Gasteiger charge is -2.41. The van der Waals surface area contributed by atoms with Crippen molar-refractivity contribution < 1.29 is 23.1 Å². The summed E-state index contributed by atoms with van der Waals surface area (Å²) in [6.07, 6.45) is 1.77. The molecule has 0 aliphatic rings. The number of aromatic nitrogens is 1. The number of benzene rings is 2. The van der Waals surface area contributed by atoms with Gasteiger partial charge in [-0.05, 0) is 66.7 Å². The van der Waals surface area contributed by atoms with Crippen LogP contribution < -0.4 is 10.2 Å². The van der Waals surface area contributed by atoms with Gasteiger partial charge in [0.25, 0.3) is 0 Å². The molecule has 1 unspecified atom stereocenters. The van der Waals surface area contributed by atoms with E-state index in [0.29, 0.717) is 41.0 Å². The first-order chi connectivity index (χ1) is 19.4. The number of carbonyl (C=O) groups is 1. The molecule has 0 radical (unpaired) electrons. The predicted octanol–water partition coefficient (Wildman–Crippen LogP) is 8.57. The van der Waals surface area contributed by atoms with E-state index in [1.807, 2.05) is 17.6 Å². The van der Waals surface area contributed by atoms with Crippen molar-refractivity contribution in [3.05, 3.63) is 74.3 Å². The summed E-state index contributed by atoms with van der Waals surface area (Å²) in [4.78, 5) is 27.0. The molecule has 3 aromatic rings. The number of halogens is 2. The molecule has 1 atom stereocenters. The molecule has 0 spiro atoms. The van der Waals surface area contributed by atoms with Crippen molar-refractivity contribution in [2.24, 2.45) is 5.41 Å². The number of fused-ring (bicyclic) bond motifs is 1. The molecule has 0 aliphatic carbocycles. The fraction of sp³-hybridized carbons (Fsp3) is 0.515. The molecule has 0 saturated carbocycles. The van der Waals surface area contributed by atoms with Gasteiger partial charge in [-0.15, -0.1) is 0 Å². The van der Waals surface area contributed by atoms with Crippen LogP contribution in [0.4, 0.5) is 4.39 Å². The lowest BCUT2D eigenvalue weighted by Crippen LogP contribution is -2.43. The molecule has 42 heavy (non-hydrogen) atoms. The Hall–Kier alpha value is -2.68. The molecule has 1 heterocycles. The highest BCUT2D eigenvalue weighted by molar-refractivity contribution is 6.74. The highest BCUT2D eigenvalue weighted by atomic mass is 35.5. The summed E-state index contributed by atoms with van der Waals surface area (Å²) in [5.74, 6) is -0.729. The normalized spacial score (nSPS) is 13.3. The first kappa shape index (κ1) is 33.8. The van der Waals surface area contributed by atoms with Crippen LogP contribution in [0.25, 0.3) is 10.9 Å². The van der Waals surface area contributed by atoms with Crippen molar-refractivity contribution >= 4 is 36.8 Å². The van der Waals surface area contributed by atoms with Gasteiger partial charge in [0.2, 0.25) is 5.43 Å². The van der Waals surface area contributed by atoms with E-state index in [2.05, 4.69) is 54.6 Å². The van der Waals surface area contributed by atoms with Crippen molar-refractivity contribution in [2.45, 2.75) is 86.0 Å². The minimum absolute atomic E-state index is 0.00186. The van der Waals surface area contributed by atoms with Crippen LogP contribution in [0.2, 0.25) is 23.2 Å². The van der Waals surface area contributed by atoms with E-state index in [1.165, 1.54) is 6.07 Å². The number of carbonyl (C=O) groups excluding carboxylic acids is 1. The molecule has 0 N–H and O–H groups in total. The fourth-order valence-electron chi connectivity index (χ4n) is 4.64. The molecule has 1 aromatic heterocycles. The SMILES string of the molecule is CCOC(=O)c1cn(C(CO[Si](C)(C)C(C)(C)C)C(C)(C)C)c2c(OCC)cc(Cc3cccc(Cl)c3F)cc2c1=O. The van der Waals surface area contributed by atoms with Gasteiger partial charge in [-0.3, -0.25) is 4.79 Å². The molecule has 3 rings (SSSR count). The van der Waals surface area contributed by atoms with E-state index in [1.54, 1.807) is 31.3 Å². The van der Waals surface area contributed by atoms with Gasteiger partial charge in [0.1, 0.15) is 17.1 Å². The zero-order valence-electron chi connectivity index (χ0n) is 26.6. The van der Waals surface area contributed by atoms with E-state index in [4.69, 9.17) is 25.5 Å². The zero-order chi connectivity index (χ0) is 31.6. The molecule has 6 nitrogen and oxygen atoms in total. The first-order valence-electron chi connectivity index (χ1n) is 14.5. The third kappa shape index (κ3) is 7.26. The van der Waals surface area contributed by atoms with Crippen LogP contribution in [0.5, 0.6) is 5.75 Å². The van der Waals surface area contributed by atoms with Gasteiger partial charge < -0.3 is 18.5 Å². The van der Waals surface area contributed by atoms with Crippen molar-refractivity contribution in [1.82, 2.24) is 4.57 Å². The lowest BCUT2D eigenvalue weighted by molar-refractivity contribution is 0.0522. The van der Waals surface area contributed by atoms with Crippen molar-refractivity contribution in [3.8, 4) is 5.75 Å². The summed E-state index contributed by atoms with van der Waals surface area (Å²) in [5, 5.41) is 0.323. The van der Waals surface area contributed by atoms with Crippen LogP contribution in [-0.2, 0) is 15.6 Å². The minimum atomic E-state index is -2.14. The minimum Gasteiger partial charge on any atom is -0.492 e. The first-order valence-corrected chi connectivity index (χ1v) is 17.8. The van der Waals surface area contributed by atoms with Gasteiger partial charge in [-0.2, -0.15) is 0 Å². The molecular weight excluding hydrogens is 573 g/mol. The van der Waals surface area contributed by atoms with Crippen molar-refractivity contribution in [2.75, 3.05) is 19.8 Å². The molecule has 0 aliphatic heterocycles. The molecule has 0 saturated heterocycles. The predicted molar refractivity (Wildman–Crippen MR) is 171 cm³/mol. The number of hydrogen-bond acceptors (Lipinski definition) is 5. The number of pyridine rings is 1. The Bertz CT molecular complexity index is 1500. The Kier molecular flexibility index (Phi) is 10.4. The van der Waals surface area contributed by atoms with Crippen molar-refractivity contribution in [3.63, 3.8) is 0 Å². The summed E-state index contributed by atoms with van der Waals surface area (Å²) in [7, 11) is -2.14. The number of hydrogen-bond donors (Lipinski definition) is 0. The summed E-state index contributed by atoms with van der Waals surface area (Å²) in [5.41, 5.74) is 0.737. The Morgan fingerprint density at radius 3 is 2.31 bits per heavy atom. The Balaban J connectivity index is 2.36. The highest BCUT2D eigenvalue weighted by Crippen LogP contribution is 2.41. The van der Waals surface area contributed by atoms with Crippen LogP contribution in [0, 0.1) is 11.2 Å². The quantitative estimate of drug-likeness (QED) is 0.168. The number of nitrogens with zero attached hydrogens (tertiary/aromatic N) is 1. The molecule has 0 bridgehead atoms. The molecular formula is C33H45ClFNO5Si. The van der Waals surface area contributed by atoms with Gasteiger partial charge >= 0.3 is 5.97 Å². The van der Waals surface area contributed by atoms with E-state index in [9.17, 15) is 14.0 Å². The summed E-state index contributed by atoms with van der Waals surface area (Å²) < 4.78 is 34.9. The van der Waals surface area contributed by atoms with E-state index >= 15 is 0 Å². The summed E-state index contributed by atoms with van der Waals surface area (Å²) >= 11 is 6.04. The zero-order valence-corrected chi connectivity index (χ0v) is 28.4. The maximum Gasteiger partial charge on any atom is 0.343 e. The van der Waals surface area contributed by atoms with Gasteiger partial charge in [0.15, 0.2) is 8.32 Å². The fourth-order valence-corrected chi connectivity index (χ4v) is 5.84. The Labute approximate surface area is 255 Å². The number of rotatable bonds is 10. The largest absolute Gasteiger partial charge is 0.492 e. The van der Waals surface area contributed by atoms with Crippen LogP contribution in [-0.4, -0.2) is 38.7 Å². The number of ether oxygens (including phenoxy) is 2. The maximum absolute atomic E-state index is 14.8. The third-order valence-corrected chi connectivity index (χ3v) is 12.9. The number of esters is 1. The highest BCUT2D eigenvalue weighted by Gasteiger charge is 2.39. The lowest BCUT2D eigenvalue weighted by atomic mass is 9.86. The van der Waals surface area contributed by atoms with Crippen LogP contribution in [0.1, 0.15) is 82.9 Å². The second-order valence-corrected chi connectivity index (χ2v) is 18.5. The van der Waals surface area contributed by atoms with E-state index in [-0.39, 0.29) is 40.1 Å². The molecule has 2 aromatic carbocycles. The van der Waals surface area contributed by atoms with Crippen LogP contribution >= 0.6 is 11.6 Å². The summed E-state index contributed by atoms with van der Waals surface area (Å²) in [6.45, 7) is 21.7. The van der Waals surface area contributed by atoms with Crippen LogP contribution in [0.15, 0.2) is 41.3 Å². The van der Waals surface area contributed by atoms with Gasteiger partial charge in [-0.1, -0.05) is 65.3 Å². The molecule has 0 amide bonds. The monoisotopic (exact) mass is 617 g/mol. The molecule has 9 heteroatoms. The third-order valence-electron chi connectivity index (χ3n) is 8.12. The van der Waals surface area contributed by atoms with Gasteiger partial charge in [-0.25, -0.2) is 9.18 Å². The smallest absolute Gasteiger partial charge is 0.343 e. The summed E-state index contributed by atoms with van der Waals surface area (Å²) in [6, 6.07) is 8.13. The average Bonchev–Trinajstić information content (AvgIpc) is 2.87. The van der Waals surface area contributed by atoms with Gasteiger partial charge in [0.05, 0.1) is 41.8 Å². The van der Waals surface area contributed by atoms with Gasteiger partial charge in [0, 0.05) is 12.6 Å². The van der Waals surface area contributed by atoms with Crippen LogP contribution in [0.3, 0.4) is 0 Å². The topological polar surface area (TPSA) is 66.8 Å². The maximum atomic E-state index is 14.8.